The Hall–Kier alpha value is -4.18. The monoisotopic (exact) mass is 495 g/mol. The highest BCUT2D eigenvalue weighted by Crippen LogP contribution is 2.17. The van der Waals surface area contributed by atoms with Gasteiger partial charge in [-0.05, 0) is 66.9 Å². The molecule has 0 aliphatic carbocycles. The van der Waals surface area contributed by atoms with Crippen LogP contribution in [0.25, 0.3) is 0 Å². The van der Waals surface area contributed by atoms with Crippen LogP contribution in [0.2, 0.25) is 0 Å². The van der Waals surface area contributed by atoms with Gasteiger partial charge in [0.1, 0.15) is 5.75 Å². The Morgan fingerprint density at radius 3 is 2.17 bits per heavy atom. The van der Waals surface area contributed by atoms with Crippen molar-refractivity contribution in [3.63, 3.8) is 0 Å². The highest BCUT2D eigenvalue weighted by molar-refractivity contribution is 7.08. The lowest BCUT2D eigenvalue weighted by Gasteiger charge is -2.09. The third-order valence-corrected chi connectivity index (χ3v) is 5.30. The molecule has 3 N–H and O–H groups in total. The van der Waals surface area contributed by atoms with Crippen LogP contribution in [0.15, 0.2) is 65.4 Å². The van der Waals surface area contributed by atoms with E-state index < -0.39 is 18.5 Å². The molecular weight excluding hydrogens is 470 g/mol. The van der Waals surface area contributed by atoms with Gasteiger partial charge in [0.25, 0.3) is 17.7 Å². The maximum atomic E-state index is 12.4. The summed E-state index contributed by atoms with van der Waals surface area (Å²) in [5.74, 6) is -0.975. The Balaban J connectivity index is 1.37. The number of hydrogen-bond acceptors (Lipinski definition) is 7. The molecule has 0 aliphatic heterocycles. The van der Waals surface area contributed by atoms with Crippen LogP contribution in [-0.4, -0.2) is 43.4 Å². The molecule has 3 aromatic rings. The van der Waals surface area contributed by atoms with E-state index in [1.165, 1.54) is 11.3 Å². The topological polar surface area (TPSA) is 123 Å². The van der Waals surface area contributed by atoms with E-state index in [1.807, 2.05) is 6.92 Å². The number of benzene rings is 2. The summed E-state index contributed by atoms with van der Waals surface area (Å²) in [4.78, 5) is 48.0. The summed E-state index contributed by atoms with van der Waals surface area (Å²) in [6.45, 7) is 2.10. The van der Waals surface area contributed by atoms with Crippen LogP contribution in [-0.2, 0) is 14.3 Å². The SMILES string of the molecule is CCOc1ccc(NC(=O)c2ccc(NC(=O)COC(=O)CCNC(=O)c3ccsc3)cc2)cc1. The highest BCUT2D eigenvalue weighted by atomic mass is 32.1. The molecule has 1 heterocycles. The lowest BCUT2D eigenvalue weighted by molar-refractivity contribution is -0.147. The lowest BCUT2D eigenvalue weighted by atomic mass is 10.2. The summed E-state index contributed by atoms with van der Waals surface area (Å²) in [6.07, 6.45) is -0.0542. The summed E-state index contributed by atoms with van der Waals surface area (Å²) >= 11 is 1.40. The molecule has 0 saturated carbocycles. The minimum absolute atomic E-state index is 0.0542. The van der Waals surface area contributed by atoms with Crippen molar-refractivity contribution in [2.75, 3.05) is 30.4 Å². The summed E-state index contributed by atoms with van der Waals surface area (Å²) in [5.41, 5.74) is 2.02. The number of carbonyl (C=O) groups is 4. The molecule has 3 amide bonds. The van der Waals surface area contributed by atoms with Crippen LogP contribution < -0.4 is 20.7 Å². The molecule has 0 atom stereocenters. The summed E-state index contributed by atoms with van der Waals surface area (Å²) in [6, 6.07) is 15.0. The molecule has 9 nitrogen and oxygen atoms in total. The van der Waals surface area contributed by atoms with Crippen LogP contribution in [0.1, 0.15) is 34.1 Å². The van der Waals surface area contributed by atoms with Crippen molar-refractivity contribution in [3.8, 4) is 5.75 Å². The normalized spacial score (nSPS) is 10.2. The van der Waals surface area contributed by atoms with Gasteiger partial charge in [0.05, 0.1) is 13.0 Å². The summed E-state index contributed by atoms with van der Waals surface area (Å²) in [7, 11) is 0. The molecule has 3 rings (SSSR count). The maximum absolute atomic E-state index is 12.4. The second kappa shape index (κ2) is 12.9. The van der Waals surface area contributed by atoms with Crippen LogP contribution in [0.5, 0.6) is 5.75 Å². The Kier molecular flexibility index (Phi) is 9.38. The maximum Gasteiger partial charge on any atom is 0.308 e. The van der Waals surface area contributed by atoms with E-state index in [9.17, 15) is 19.2 Å². The first-order valence-electron chi connectivity index (χ1n) is 10.8. The summed E-state index contributed by atoms with van der Waals surface area (Å²) in [5, 5.41) is 11.5. The number of hydrogen-bond donors (Lipinski definition) is 3. The number of anilines is 2. The fourth-order valence-corrected chi connectivity index (χ4v) is 3.53. The molecule has 1 aromatic heterocycles. The van der Waals surface area contributed by atoms with Crippen LogP contribution in [0.4, 0.5) is 11.4 Å². The predicted molar refractivity (Wildman–Crippen MR) is 133 cm³/mol. The van der Waals surface area contributed by atoms with Crippen molar-refractivity contribution in [1.29, 1.82) is 0 Å². The molecule has 0 radical (unpaired) electrons. The smallest absolute Gasteiger partial charge is 0.308 e. The van der Waals surface area contributed by atoms with E-state index in [4.69, 9.17) is 9.47 Å². The minimum Gasteiger partial charge on any atom is -0.494 e. The average molecular weight is 496 g/mol. The number of ether oxygens (including phenoxy) is 2. The molecule has 0 spiro atoms. The first-order chi connectivity index (χ1) is 16.9. The number of rotatable bonds is 11. The van der Waals surface area contributed by atoms with Gasteiger partial charge in [-0.15, -0.1) is 0 Å². The van der Waals surface area contributed by atoms with Gasteiger partial charge in [-0.2, -0.15) is 11.3 Å². The van der Waals surface area contributed by atoms with Crippen molar-refractivity contribution in [2.45, 2.75) is 13.3 Å². The molecule has 182 valence electrons. The van der Waals surface area contributed by atoms with Crippen molar-refractivity contribution in [2.24, 2.45) is 0 Å². The number of esters is 1. The van der Waals surface area contributed by atoms with E-state index >= 15 is 0 Å². The standard InChI is InChI=1S/C25H25N3O6S/c1-2-33-21-9-7-20(8-10-21)28-25(32)17-3-5-19(6-4-17)27-22(29)15-34-23(30)11-13-26-24(31)18-12-14-35-16-18/h3-10,12,14,16H,2,11,13,15H2,1H3,(H,26,31)(H,27,29)(H,28,32). The molecule has 35 heavy (non-hydrogen) atoms. The molecule has 0 unspecified atom stereocenters. The van der Waals surface area contributed by atoms with Crippen LogP contribution in [0.3, 0.4) is 0 Å². The van der Waals surface area contributed by atoms with Crippen molar-refractivity contribution < 1.29 is 28.7 Å². The second-order valence-electron chi connectivity index (χ2n) is 7.22. The van der Waals surface area contributed by atoms with Gasteiger partial charge in [-0.25, -0.2) is 0 Å². The zero-order valence-electron chi connectivity index (χ0n) is 19.0. The molecule has 2 aromatic carbocycles. The van der Waals surface area contributed by atoms with E-state index in [-0.39, 0.29) is 24.8 Å². The second-order valence-corrected chi connectivity index (χ2v) is 8.00. The van der Waals surface area contributed by atoms with Crippen molar-refractivity contribution in [1.82, 2.24) is 5.32 Å². The Morgan fingerprint density at radius 1 is 0.829 bits per heavy atom. The van der Waals surface area contributed by atoms with Crippen LogP contribution >= 0.6 is 11.3 Å². The lowest BCUT2D eigenvalue weighted by Crippen LogP contribution is -2.27. The van der Waals surface area contributed by atoms with E-state index in [0.717, 1.165) is 5.75 Å². The molecule has 10 heteroatoms. The van der Waals surface area contributed by atoms with Gasteiger partial charge in [0.15, 0.2) is 6.61 Å². The van der Waals surface area contributed by atoms with Gasteiger partial charge in [-0.1, -0.05) is 0 Å². The average Bonchev–Trinajstić information content (AvgIpc) is 3.40. The third kappa shape index (κ3) is 8.27. The number of carbonyl (C=O) groups excluding carboxylic acids is 4. The number of thiophene rings is 1. The van der Waals surface area contributed by atoms with Crippen molar-refractivity contribution >= 4 is 46.4 Å². The largest absolute Gasteiger partial charge is 0.494 e. The third-order valence-electron chi connectivity index (χ3n) is 4.62. The Bertz CT molecular complexity index is 1140. The Labute approximate surface area is 206 Å². The molecule has 0 saturated heterocycles. The summed E-state index contributed by atoms with van der Waals surface area (Å²) < 4.78 is 10.3. The predicted octanol–water partition coefficient (Wildman–Crippen LogP) is 3.70. The van der Waals surface area contributed by atoms with Gasteiger partial charge in [0.2, 0.25) is 0 Å². The van der Waals surface area contributed by atoms with Gasteiger partial charge >= 0.3 is 5.97 Å². The minimum atomic E-state index is -0.605. The van der Waals surface area contributed by atoms with E-state index in [1.54, 1.807) is 65.4 Å². The fourth-order valence-electron chi connectivity index (χ4n) is 2.90. The van der Waals surface area contributed by atoms with Crippen LogP contribution in [0, 0.1) is 0 Å². The fraction of sp³-hybridized carbons (Fsp3) is 0.200. The molecule has 0 aliphatic rings. The van der Waals surface area contributed by atoms with Crippen molar-refractivity contribution in [3.05, 3.63) is 76.5 Å². The van der Waals surface area contributed by atoms with E-state index in [0.29, 0.717) is 29.1 Å². The highest BCUT2D eigenvalue weighted by Gasteiger charge is 2.11. The molecular formula is C25H25N3O6S. The van der Waals surface area contributed by atoms with Gasteiger partial charge in [0, 0.05) is 34.4 Å². The molecule has 0 bridgehead atoms. The zero-order chi connectivity index (χ0) is 25.0. The molecule has 0 fully saturated rings. The zero-order valence-corrected chi connectivity index (χ0v) is 19.9. The van der Waals surface area contributed by atoms with Gasteiger partial charge in [-0.3, -0.25) is 19.2 Å². The first kappa shape index (κ1) is 25.4. The van der Waals surface area contributed by atoms with Gasteiger partial charge < -0.3 is 25.4 Å². The number of amides is 3. The van der Waals surface area contributed by atoms with E-state index in [2.05, 4.69) is 16.0 Å². The Morgan fingerprint density at radius 2 is 1.51 bits per heavy atom. The quantitative estimate of drug-likeness (QED) is 0.349. The first-order valence-corrected chi connectivity index (χ1v) is 11.8. The number of nitrogens with one attached hydrogen (secondary N) is 3.